The first-order valence-electron chi connectivity index (χ1n) is 8.25. The van der Waals surface area contributed by atoms with Crippen LogP contribution in [0, 0.1) is 12.3 Å². The molecule has 25 heavy (non-hydrogen) atoms. The number of likely N-dealkylation sites (tertiary alicyclic amines) is 1. The Morgan fingerprint density at radius 3 is 2.76 bits per heavy atom. The zero-order valence-corrected chi connectivity index (χ0v) is 14.1. The molecule has 4 heterocycles. The van der Waals surface area contributed by atoms with Crippen molar-refractivity contribution in [3.05, 3.63) is 29.6 Å². The van der Waals surface area contributed by atoms with Gasteiger partial charge in [-0.25, -0.2) is 9.67 Å². The lowest BCUT2D eigenvalue weighted by Gasteiger charge is -2.60. The molecule has 128 valence electrons. The standard InChI is InChI=1S/C16H18N8O/c1-10-3-11(4-12-13(10)18-9-17-12)14(25)23-5-16(6-23)7-24(8-16)15-19-20-21-22(15)2/h3-4,9H,5-8H2,1-2H3,(H,17,18). The maximum atomic E-state index is 12.8. The van der Waals surface area contributed by atoms with Crippen LogP contribution >= 0.6 is 0 Å². The Morgan fingerprint density at radius 2 is 2.04 bits per heavy atom. The fourth-order valence-corrected chi connectivity index (χ4v) is 4.04. The molecule has 0 unspecified atom stereocenters. The maximum absolute atomic E-state index is 12.8. The normalized spacial score (nSPS) is 18.5. The molecular formula is C16H18N8O. The number of aromatic amines is 1. The van der Waals surface area contributed by atoms with Crippen LogP contribution in [0.3, 0.4) is 0 Å². The van der Waals surface area contributed by atoms with Crippen molar-refractivity contribution in [2.24, 2.45) is 12.5 Å². The van der Waals surface area contributed by atoms with Gasteiger partial charge in [-0.3, -0.25) is 4.79 Å². The molecule has 0 radical (unpaired) electrons. The number of amides is 1. The largest absolute Gasteiger partial charge is 0.345 e. The Balaban J connectivity index is 1.27. The Hall–Kier alpha value is -2.97. The van der Waals surface area contributed by atoms with E-state index >= 15 is 0 Å². The second kappa shape index (κ2) is 4.78. The first kappa shape index (κ1) is 14.4. The minimum absolute atomic E-state index is 0.0870. The topological polar surface area (TPSA) is 95.8 Å². The van der Waals surface area contributed by atoms with E-state index in [0.29, 0.717) is 0 Å². The summed E-state index contributed by atoms with van der Waals surface area (Å²) in [6.45, 7) is 5.34. The summed E-state index contributed by atoms with van der Waals surface area (Å²) in [5.41, 5.74) is 3.75. The smallest absolute Gasteiger partial charge is 0.253 e. The summed E-state index contributed by atoms with van der Waals surface area (Å²) in [4.78, 5) is 24.2. The highest BCUT2D eigenvalue weighted by atomic mass is 16.2. The molecule has 2 aliphatic heterocycles. The molecule has 0 aliphatic carbocycles. The van der Waals surface area contributed by atoms with E-state index in [4.69, 9.17) is 0 Å². The van der Waals surface area contributed by atoms with Gasteiger partial charge in [-0.05, 0) is 35.0 Å². The molecule has 2 fully saturated rings. The molecule has 2 aromatic heterocycles. The summed E-state index contributed by atoms with van der Waals surface area (Å²) in [6.07, 6.45) is 1.66. The number of tetrazole rings is 1. The predicted octanol–water partition coefficient (Wildman–Crippen LogP) is 0.357. The average molecular weight is 338 g/mol. The van der Waals surface area contributed by atoms with Crippen molar-refractivity contribution >= 4 is 22.9 Å². The minimum Gasteiger partial charge on any atom is -0.345 e. The number of benzene rings is 1. The number of imidazole rings is 1. The molecule has 0 bridgehead atoms. The predicted molar refractivity (Wildman–Crippen MR) is 90.2 cm³/mol. The Labute approximate surface area is 143 Å². The Morgan fingerprint density at radius 1 is 1.24 bits per heavy atom. The number of hydrogen-bond donors (Lipinski definition) is 1. The number of fused-ring (bicyclic) bond motifs is 1. The van der Waals surface area contributed by atoms with Crippen molar-refractivity contribution < 1.29 is 4.79 Å². The second-order valence-electron chi connectivity index (χ2n) is 7.21. The second-order valence-corrected chi connectivity index (χ2v) is 7.21. The van der Waals surface area contributed by atoms with Crippen LogP contribution in [0.1, 0.15) is 15.9 Å². The number of rotatable bonds is 2. The molecule has 5 rings (SSSR count). The third-order valence-corrected chi connectivity index (χ3v) is 5.23. The Kier molecular flexibility index (Phi) is 2.75. The summed E-state index contributed by atoms with van der Waals surface area (Å²) in [6, 6.07) is 3.82. The van der Waals surface area contributed by atoms with Crippen LogP contribution in [0.5, 0.6) is 0 Å². The van der Waals surface area contributed by atoms with Gasteiger partial charge in [0.25, 0.3) is 5.91 Å². The van der Waals surface area contributed by atoms with Crippen molar-refractivity contribution in [1.82, 2.24) is 35.1 Å². The van der Waals surface area contributed by atoms with Crippen LogP contribution < -0.4 is 4.90 Å². The lowest BCUT2D eigenvalue weighted by molar-refractivity contribution is -0.0113. The van der Waals surface area contributed by atoms with Crippen LogP contribution in [-0.4, -0.2) is 67.2 Å². The van der Waals surface area contributed by atoms with E-state index in [1.54, 1.807) is 11.0 Å². The number of H-pyrrole nitrogens is 1. The summed E-state index contributed by atoms with van der Waals surface area (Å²) >= 11 is 0. The van der Waals surface area contributed by atoms with E-state index in [-0.39, 0.29) is 11.3 Å². The Bertz CT molecular complexity index is 975. The number of anilines is 1. The fourth-order valence-electron chi connectivity index (χ4n) is 4.04. The van der Waals surface area contributed by atoms with Gasteiger partial charge in [0.15, 0.2) is 0 Å². The van der Waals surface area contributed by atoms with Gasteiger partial charge in [0.2, 0.25) is 5.95 Å². The molecular weight excluding hydrogens is 320 g/mol. The van der Waals surface area contributed by atoms with Crippen molar-refractivity contribution in [2.75, 3.05) is 31.1 Å². The lowest BCUT2D eigenvalue weighted by Crippen LogP contribution is -2.73. The molecule has 2 saturated heterocycles. The van der Waals surface area contributed by atoms with Gasteiger partial charge in [0.05, 0.1) is 17.4 Å². The van der Waals surface area contributed by atoms with Gasteiger partial charge in [0.1, 0.15) is 0 Å². The molecule has 1 amide bonds. The van der Waals surface area contributed by atoms with Gasteiger partial charge in [-0.15, -0.1) is 0 Å². The number of nitrogens with one attached hydrogen (secondary N) is 1. The summed E-state index contributed by atoms with van der Waals surface area (Å²) in [5, 5.41) is 11.6. The van der Waals surface area contributed by atoms with E-state index in [2.05, 4.69) is 30.4 Å². The number of aromatic nitrogens is 6. The fraction of sp³-hybridized carbons (Fsp3) is 0.438. The van der Waals surface area contributed by atoms with Crippen molar-refractivity contribution in [3.63, 3.8) is 0 Å². The molecule has 2 aliphatic rings. The van der Waals surface area contributed by atoms with Crippen LogP contribution in [0.25, 0.3) is 11.0 Å². The molecule has 0 saturated carbocycles. The highest BCUT2D eigenvalue weighted by Gasteiger charge is 2.54. The van der Waals surface area contributed by atoms with Crippen molar-refractivity contribution in [2.45, 2.75) is 6.92 Å². The SMILES string of the molecule is Cc1cc(C(=O)N2CC3(C2)CN(c2nnnn2C)C3)cc2[nH]cnc12. The van der Waals surface area contributed by atoms with Crippen LogP contribution in [0.2, 0.25) is 0 Å². The molecule has 1 aromatic carbocycles. The third kappa shape index (κ3) is 2.04. The molecule has 0 atom stereocenters. The van der Waals surface area contributed by atoms with Gasteiger partial charge < -0.3 is 14.8 Å². The highest BCUT2D eigenvalue weighted by molar-refractivity contribution is 5.98. The monoisotopic (exact) mass is 338 g/mol. The summed E-state index contributed by atoms with van der Waals surface area (Å²) < 4.78 is 1.68. The van der Waals surface area contributed by atoms with E-state index in [1.807, 2.05) is 31.0 Å². The summed E-state index contributed by atoms with van der Waals surface area (Å²) in [7, 11) is 1.84. The van der Waals surface area contributed by atoms with Crippen molar-refractivity contribution in [3.8, 4) is 0 Å². The van der Waals surface area contributed by atoms with E-state index in [9.17, 15) is 4.79 Å². The van der Waals surface area contributed by atoms with E-state index < -0.39 is 0 Å². The summed E-state index contributed by atoms with van der Waals surface area (Å²) in [5.74, 6) is 0.875. The molecule has 3 aromatic rings. The number of carbonyl (C=O) groups is 1. The molecule has 1 spiro atoms. The lowest BCUT2D eigenvalue weighted by atomic mass is 9.72. The zero-order valence-electron chi connectivity index (χ0n) is 14.1. The number of aryl methyl sites for hydroxylation is 2. The highest BCUT2D eigenvalue weighted by Crippen LogP contribution is 2.41. The van der Waals surface area contributed by atoms with Crippen LogP contribution in [0.4, 0.5) is 5.95 Å². The molecule has 9 heteroatoms. The van der Waals surface area contributed by atoms with Crippen LogP contribution in [-0.2, 0) is 7.05 Å². The average Bonchev–Trinajstić information content (AvgIpc) is 3.13. The van der Waals surface area contributed by atoms with Gasteiger partial charge in [-0.1, -0.05) is 5.10 Å². The molecule has 9 nitrogen and oxygen atoms in total. The van der Waals surface area contributed by atoms with Gasteiger partial charge in [-0.2, -0.15) is 0 Å². The maximum Gasteiger partial charge on any atom is 0.253 e. The van der Waals surface area contributed by atoms with Crippen molar-refractivity contribution in [1.29, 1.82) is 0 Å². The third-order valence-electron chi connectivity index (χ3n) is 5.23. The van der Waals surface area contributed by atoms with Gasteiger partial charge >= 0.3 is 0 Å². The van der Waals surface area contributed by atoms with E-state index in [1.165, 1.54) is 0 Å². The first-order valence-corrected chi connectivity index (χ1v) is 8.25. The zero-order chi connectivity index (χ0) is 17.2. The quantitative estimate of drug-likeness (QED) is 0.725. The first-order chi connectivity index (χ1) is 12.0. The van der Waals surface area contributed by atoms with Crippen LogP contribution in [0.15, 0.2) is 18.5 Å². The number of hydrogen-bond acceptors (Lipinski definition) is 6. The number of carbonyl (C=O) groups excluding carboxylic acids is 1. The molecule has 1 N–H and O–H groups in total. The minimum atomic E-state index is 0.0870. The number of nitrogens with zero attached hydrogens (tertiary/aromatic N) is 7. The van der Waals surface area contributed by atoms with Gasteiger partial charge in [0, 0.05) is 44.2 Å². The van der Waals surface area contributed by atoms with E-state index in [0.717, 1.165) is 54.3 Å².